The molecule has 0 aliphatic carbocycles. The van der Waals surface area contributed by atoms with Gasteiger partial charge in [-0.05, 0) is 64.6 Å². The smallest absolute Gasteiger partial charge is 0.422 e. The standard InChI is InChI=1S/C24H17F6OPS/c1-2-16-9-14-10-19(32)20(22(27)23(14)33-16)13-3-5-15(6-4-13)31-11-12-7-17(25)21(18(26)8-12)24(28,29)30/h3-10H,2,11,32H2,1H3. The number of benzene rings is 3. The fourth-order valence-electron chi connectivity index (χ4n) is 3.55. The van der Waals surface area contributed by atoms with Crippen molar-refractivity contribution in [2.45, 2.75) is 26.1 Å². The number of halogens is 6. The Morgan fingerprint density at radius 2 is 1.58 bits per heavy atom. The lowest BCUT2D eigenvalue weighted by atomic mass is 10.0. The van der Waals surface area contributed by atoms with Gasteiger partial charge in [0.15, 0.2) is 0 Å². The Morgan fingerprint density at radius 3 is 2.15 bits per heavy atom. The predicted molar refractivity (Wildman–Crippen MR) is 122 cm³/mol. The number of alkyl halides is 3. The van der Waals surface area contributed by atoms with Crippen LogP contribution in [0.25, 0.3) is 21.2 Å². The van der Waals surface area contributed by atoms with Crippen LogP contribution in [0.2, 0.25) is 0 Å². The maximum atomic E-state index is 15.2. The molecule has 1 unspecified atom stereocenters. The molecule has 33 heavy (non-hydrogen) atoms. The summed E-state index contributed by atoms with van der Waals surface area (Å²) in [6, 6.07) is 11.5. The molecule has 0 fully saturated rings. The Balaban J connectivity index is 1.55. The van der Waals surface area contributed by atoms with Crippen LogP contribution in [0.1, 0.15) is 22.9 Å². The zero-order valence-corrected chi connectivity index (χ0v) is 19.2. The molecule has 0 spiro atoms. The second kappa shape index (κ2) is 8.99. The number of aryl methyl sites for hydroxylation is 1. The van der Waals surface area contributed by atoms with Gasteiger partial charge in [0.1, 0.15) is 35.4 Å². The van der Waals surface area contributed by atoms with Crippen molar-refractivity contribution in [1.82, 2.24) is 0 Å². The highest BCUT2D eigenvalue weighted by Crippen LogP contribution is 2.36. The van der Waals surface area contributed by atoms with E-state index in [1.54, 1.807) is 24.3 Å². The summed E-state index contributed by atoms with van der Waals surface area (Å²) >= 11 is 1.41. The first-order valence-electron chi connectivity index (χ1n) is 9.87. The van der Waals surface area contributed by atoms with E-state index in [0.29, 0.717) is 39.0 Å². The van der Waals surface area contributed by atoms with E-state index in [0.717, 1.165) is 16.7 Å². The third-order valence-electron chi connectivity index (χ3n) is 5.11. The highest BCUT2D eigenvalue weighted by atomic mass is 32.1. The fraction of sp³-hybridized carbons (Fsp3) is 0.167. The van der Waals surface area contributed by atoms with Crippen LogP contribution in [0, 0.1) is 17.5 Å². The molecule has 0 bridgehead atoms. The molecule has 0 saturated heterocycles. The molecule has 4 rings (SSSR count). The van der Waals surface area contributed by atoms with Gasteiger partial charge >= 0.3 is 6.18 Å². The predicted octanol–water partition coefficient (Wildman–Crippen LogP) is 7.65. The van der Waals surface area contributed by atoms with Crippen LogP contribution in [0.15, 0.2) is 48.5 Å². The molecule has 0 saturated carbocycles. The molecule has 1 atom stereocenters. The van der Waals surface area contributed by atoms with E-state index in [2.05, 4.69) is 9.24 Å². The number of thiophene rings is 1. The van der Waals surface area contributed by atoms with E-state index < -0.39 is 23.4 Å². The van der Waals surface area contributed by atoms with Gasteiger partial charge in [0, 0.05) is 10.4 Å². The SMILES string of the molecule is CCc1cc2cc(P)c(-c3ccc(OCc4cc(F)c(C(F)(F)F)c(F)c4)cc3)c(F)c2s1. The summed E-state index contributed by atoms with van der Waals surface area (Å²) in [6.45, 7) is 1.67. The zero-order valence-electron chi connectivity index (χ0n) is 17.2. The Kier molecular flexibility index (Phi) is 6.43. The van der Waals surface area contributed by atoms with Crippen LogP contribution in [0.5, 0.6) is 5.75 Å². The van der Waals surface area contributed by atoms with E-state index in [1.165, 1.54) is 11.3 Å². The maximum absolute atomic E-state index is 15.2. The number of ether oxygens (including phenoxy) is 1. The van der Waals surface area contributed by atoms with Crippen LogP contribution in [-0.4, -0.2) is 0 Å². The van der Waals surface area contributed by atoms with Gasteiger partial charge in [0.05, 0.1) is 4.70 Å². The van der Waals surface area contributed by atoms with Crippen molar-refractivity contribution in [3.05, 3.63) is 82.0 Å². The van der Waals surface area contributed by atoms with Gasteiger partial charge in [0.2, 0.25) is 0 Å². The molecular weight excluding hydrogens is 481 g/mol. The molecule has 1 nitrogen and oxygen atoms in total. The summed E-state index contributed by atoms with van der Waals surface area (Å²) in [5.41, 5.74) is -0.963. The first-order chi connectivity index (χ1) is 15.6. The minimum Gasteiger partial charge on any atom is -0.489 e. The van der Waals surface area contributed by atoms with Crippen LogP contribution >= 0.6 is 20.6 Å². The van der Waals surface area contributed by atoms with Gasteiger partial charge < -0.3 is 4.74 Å². The van der Waals surface area contributed by atoms with Crippen molar-refractivity contribution in [1.29, 1.82) is 0 Å². The van der Waals surface area contributed by atoms with E-state index >= 15 is 4.39 Å². The maximum Gasteiger partial charge on any atom is 0.422 e. The molecule has 172 valence electrons. The Hall–Kier alpha value is -2.57. The second-order valence-corrected chi connectivity index (χ2v) is 9.14. The minimum atomic E-state index is -5.13. The van der Waals surface area contributed by atoms with Crippen LogP contribution < -0.4 is 10.0 Å². The molecule has 4 aromatic rings. The van der Waals surface area contributed by atoms with Crippen molar-refractivity contribution in [2.75, 3.05) is 0 Å². The molecule has 0 aliphatic heterocycles. The number of rotatable bonds is 5. The Morgan fingerprint density at radius 1 is 0.939 bits per heavy atom. The average Bonchev–Trinajstić information content (AvgIpc) is 3.15. The topological polar surface area (TPSA) is 9.23 Å². The lowest BCUT2D eigenvalue weighted by Gasteiger charge is -2.13. The summed E-state index contributed by atoms with van der Waals surface area (Å²) < 4.78 is 86.8. The third-order valence-corrected chi connectivity index (χ3v) is 6.86. The van der Waals surface area contributed by atoms with Gasteiger partial charge in [-0.2, -0.15) is 13.2 Å². The number of hydrogen-bond acceptors (Lipinski definition) is 2. The molecule has 0 radical (unpaired) electrons. The van der Waals surface area contributed by atoms with Crippen molar-refractivity contribution in [3.8, 4) is 16.9 Å². The van der Waals surface area contributed by atoms with Gasteiger partial charge in [-0.1, -0.05) is 19.1 Å². The summed E-state index contributed by atoms with van der Waals surface area (Å²) in [4.78, 5) is 1.09. The third kappa shape index (κ3) is 4.73. The minimum absolute atomic E-state index is 0.0877. The van der Waals surface area contributed by atoms with Gasteiger partial charge in [-0.25, -0.2) is 13.2 Å². The fourth-order valence-corrected chi connectivity index (χ4v) is 5.04. The average molecular weight is 498 g/mol. The monoisotopic (exact) mass is 498 g/mol. The van der Waals surface area contributed by atoms with E-state index in [-0.39, 0.29) is 18.0 Å². The Labute approximate surface area is 192 Å². The first kappa shape index (κ1) is 23.6. The highest BCUT2D eigenvalue weighted by molar-refractivity contribution is 7.28. The summed E-state index contributed by atoms with van der Waals surface area (Å²) in [5.74, 6) is -3.40. The zero-order chi connectivity index (χ0) is 23.9. The summed E-state index contributed by atoms with van der Waals surface area (Å²) in [7, 11) is 2.54. The van der Waals surface area contributed by atoms with Crippen LogP contribution in [0.4, 0.5) is 26.3 Å². The number of hydrogen-bond donors (Lipinski definition) is 0. The molecule has 9 heteroatoms. The molecule has 3 aromatic carbocycles. The van der Waals surface area contributed by atoms with Crippen molar-refractivity contribution in [2.24, 2.45) is 0 Å². The van der Waals surface area contributed by atoms with Crippen molar-refractivity contribution >= 4 is 36.0 Å². The van der Waals surface area contributed by atoms with Gasteiger partial charge in [-0.3, -0.25) is 0 Å². The molecule has 1 heterocycles. The van der Waals surface area contributed by atoms with E-state index in [1.807, 2.05) is 19.1 Å². The van der Waals surface area contributed by atoms with E-state index in [9.17, 15) is 22.0 Å². The largest absolute Gasteiger partial charge is 0.489 e. The first-order valence-corrected chi connectivity index (χ1v) is 11.3. The number of fused-ring (bicyclic) bond motifs is 1. The van der Waals surface area contributed by atoms with Crippen molar-refractivity contribution in [3.63, 3.8) is 0 Å². The van der Waals surface area contributed by atoms with Crippen molar-refractivity contribution < 1.29 is 31.1 Å². The highest BCUT2D eigenvalue weighted by Gasteiger charge is 2.37. The molecular formula is C24H17F6OPS. The molecule has 0 N–H and O–H groups in total. The van der Waals surface area contributed by atoms with Crippen LogP contribution in [0.3, 0.4) is 0 Å². The van der Waals surface area contributed by atoms with E-state index in [4.69, 9.17) is 4.74 Å². The second-order valence-electron chi connectivity index (χ2n) is 7.38. The Bertz CT molecular complexity index is 1300. The quantitative estimate of drug-likeness (QED) is 0.203. The normalized spacial score (nSPS) is 11.9. The summed E-state index contributed by atoms with van der Waals surface area (Å²) in [5, 5.41) is 1.55. The molecule has 0 amide bonds. The van der Waals surface area contributed by atoms with Crippen LogP contribution in [-0.2, 0) is 19.2 Å². The lowest BCUT2D eigenvalue weighted by Crippen LogP contribution is -2.12. The summed E-state index contributed by atoms with van der Waals surface area (Å²) in [6.07, 6.45) is -4.31. The van der Waals surface area contributed by atoms with Gasteiger partial charge in [-0.15, -0.1) is 20.6 Å². The van der Waals surface area contributed by atoms with Gasteiger partial charge in [0.25, 0.3) is 0 Å². The molecule has 0 aliphatic rings. The molecule has 1 aromatic heterocycles. The lowest BCUT2D eigenvalue weighted by molar-refractivity contribution is -0.142.